The second kappa shape index (κ2) is 4.98. The number of halogens is 1. The quantitative estimate of drug-likeness (QED) is 0.799. The first-order chi connectivity index (χ1) is 8.56. The van der Waals surface area contributed by atoms with Crippen molar-refractivity contribution in [2.24, 2.45) is 0 Å². The smallest absolute Gasteiger partial charge is 0.341 e. The van der Waals surface area contributed by atoms with Gasteiger partial charge >= 0.3 is 5.97 Å². The molecule has 0 aromatic carbocycles. The highest BCUT2D eigenvalue weighted by Gasteiger charge is 2.17. The summed E-state index contributed by atoms with van der Waals surface area (Å²) in [6, 6.07) is 2.16. The van der Waals surface area contributed by atoms with E-state index in [9.17, 15) is 4.79 Å². The van der Waals surface area contributed by atoms with Crippen LogP contribution >= 0.6 is 11.6 Å². The Bertz CT molecular complexity index is 590. The number of rotatable bonds is 3. The van der Waals surface area contributed by atoms with E-state index in [1.54, 1.807) is 6.92 Å². The summed E-state index contributed by atoms with van der Waals surface area (Å²) in [5.41, 5.74) is 1.09. The van der Waals surface area contributed by atoms with Gasteiger partial charge in [0.25, 0.3) is 0 Å². The number of pyridine rings is 1. The van der Waals surface area contributed by atoms with Gasteiger partial charge in [0.15, 0.2) is 0 Å². The van der Waals surface area contributed by atoms with Crippen LogP contribution in [-0.4, -0.2) is 22.1 Å². The molecule has 0 saturated heterocycles. The molecule has 96 valence electrons. The minimum absolute atomic E-state index is 0.291. The van der Waals surface area contributed by atoms with Crippen molar-refractivity contribution in [3.05, 3.63) is 29.0 Å². The van der Waals surface area contributed by atoms with Crippen LogP contribution in [-0.2, 0) is 4.74 Å². The summed E-state index contributed by atoms with van der Waals surface area (Å²) in [5, 5.41) is 1.17. The summed E-state index contributed by atoms with van der Waals surface area (Å²) in [4.78, 5) is 16.0. The van der Waals surface area contributed by atoms with Crippen LogP contribution in [0, 0.1) is 0 Å². The fourth-order valence-electron chi connectivity index (χ4n) is 1.84. The number of carbonyl (C=O) groups is 1. The van der Waals surface area contributed by atoms with E-state index in [-0.39, 0.29) is 0 Å². The van der Waals surface area contributed by atoms with Gasteiger partial charge in [-0.3, -0.25) is 0 Å². The molecule has 0 saturated carbocycles. The number of fused-ring (bicyclic) bond motifs is 1. The fourth-order valence-corrected chi connectivity index (χ4v) is 2.12. The Labute approximate surface area is 111 Å². The van der Waals surface area contributed by atoms with Gasteiger partial charge in [-0.15, -0.1) is 0 Å². The molecule has 0 aliphatic heterocycles. The van der Waals surface area contributed by atoms with Crippen molar-refractivity contribution in [1.29, 1.82) is 0 Å². The lowest BCUT2D eigenvalue weighted by Crippen LogP contribution is -2.07. The minimum Gasteiger partial charge on any atom is -0.462 e. The van der Waals surface area contributed by atoms with Crippen molar-refractivity contribution in [3.63, 3.8) is 0 Å². The Morgan fingerprint density at radius 2 is 2.28 bits per heavy atom. The number of aromatic nitrogens is 2. The lowest BCUT2D eigenvalue weighted by Gasteiger charge is -2.09. The molecule has 4 nitrogen and oxygen atoms in total. The number of nitrogens with zero attached hydrogens (tertiary/aromatic N) is 2. The zero-order chi connectivity index (χ0) is 13.3. The van der Waals surface area contributed by atoms with E-state index < -0.39 is 5.97 Å². The van der Waals surface area contributed by atoms with Crippen molar-refractivity contribution >= 4 is 28.6 Å². The largest absolute Gasteiger partial charge is 0.462 e. The molecule has 0 aliphatic carbocycles. The Kier molecular flexibility index (Phi) is 3.57. The molecule has 2 heterocycles. The normalized spacial score (nSPS) is 11.2. The molecule has 0 spiro atoms. The van der Waals surface area contributed by atoms with Crippen LogP contribution in [0.1, 0.15) is 37.2 Å². The molecule has 0 radical (unpaired) electrons. The molecule has 2 aromatic rings. The van der Waals surface area contributed by atoms with E-state index in [4.69, 9.17) is 16.3 Å². The lowest BCUT2D eigenvalue weighted by atomic mass is 10.2. The van der Waals surface area contributed by atoms with Crippen molar-refractivity contribution in [3.8, 4) is 0 Å². The number of hydrogen-bond donors (Lipinski definition) is 0. The Morgan fingerprint density at radius 1 is 1.56 bits per heavy atom. The Hall–Kier alpha value is -1.55. The molecule has 0 aliphatic rings. The van der Waals surface area contributed by atoms with Crippen LogP contribution in [0.25, 0.3) is 11.0 Å². The summed E-state index contributed by atoms with van der Waals surface area (Å²) in [5.74, 6) is -0.436. The van der Waals surface area contributed by atoms with Gasteiger partial charge in [0, 0.05) is 23.8 Å². The Morgan fingerprint density at radius 3 is 2.89 bits per heavy atom. The number of ether oxygens (including phenoxy) is 1. The zero-order valence-electron chi connectivity index (χ0n) is 10.6. The van der Waals surface area contributed by atoms with Crippen molar-refractivity contribution in [1.82, 2.24) is 9.55 Å². The monoisotopic (exact) mass is 266 g/mol. The summed E-state index contributed by atoms with van der Waals surface area (Å²) in [7, 11) is 0. The molecule has 0 unspecified atom stereocenters. The van der Waals surface area contributed by atoms with E-state index >= 15 is 0 Å². The molecular weight excluding hydrogens is 252 g/mol. The molecule has 0 amide bonds. The molecular formula is C13H15ClN2O2. The summed E-state index contributed by atoms with van der Waals surface area (Å²) in [6.45, 7) is 6.20. The molecule has 0 bridgehead atoms. The van der Waals surface area contributed by atoms with Gasteiger partial charge in [0.2, 0.25) is 0 Å². The van der Waals surface area contributed by atoms with Gasteiger partial charge in [-0.25, -0.2) is 9.78 Å². The highest BCUT2D eigenvalue weighted by atomic mass is 35.5. The first-order valence-corrected chi connectivity index (χ1v) is 6.26. The third-order valence-corrected chi connectivity index (χ3v) is 3.14. The third kappa shape index (κ3) is 2.08. The van der Waals surface area contributed by atoms with Crippen LogP contribution in [0.15, 0.2) is 18.5 Å². The van der Waals surface area contributed by atoms with Crippen molar-refractivity contribution in [2.75, 3.05) is 6.61 Å². The number of esters is 1. The SMILES string of the molecule is CCOC(=O)c1cnc2c(ccn2C(C)C)c1Cl. The van der Waals surface area contributed by atoms with Gasteiger partial charge in [-0.1, -0.05) is 11.6 Å². The van der Waals surface area contributed by atoms with E-state index in [0.717, 1.165) is 11.0 Å². The minimum atomic E-state index is -0.436. The third-order valence-electron chi connectivity index (χ3n) is 2.73. The van der Waals surface area contributed by atoms with E-state index in [0.29, 0.717) is 23.2 Å². The topological polar surface area (TPSA) is 44.1 Å². The number of hydrogen-bond acceptors (Lipinski definition) is 3. The molecule has 0 fully saturated rings. The van der Waals surface area contributed by atoms with Gasteiger partial charge in [0.1, 0.15) is 5.65 Å². The van der Waals surface area contributed by atoms with Gasteiger partial charge in [-0.2, -0.15) is 0 Å². The van der Waals surface area contributed by atoms with Crippen LogP contribution in [0.4, 0.5) is 0 Å². The second-order valence-corrected chi connectivity index (χ2v) is 4.64. The predicted molar refractivity (Wildman–Crippen MR) is 71.1 cm³/mol. The maximum Gasteiger partial charge on any atom is 0.341 e. The highest BCUT2D eigenvalue weighted by Crippen LogP contribution is 2.28. The summed E-state index contributed by atoms with van der Waals surface area (Å²) < 4.78 is 6.95. The molecule has 5 heteroatoms. The maximum absolute atomic E-state index is 11.7. The van der Waals surface area contributed by atoms with Crippen molar-refractivity contribution < 1.29 is 9.53 Å². The maximum atomic E-state index is 11.7. The summed E-state index contributed by atoms with van der Waals surface area (Å²) in [6.07, 6.45) is 3.39. The van der Waals surface area contributed by atoms with Crippen molar-refractivity contribution in [2.45, 2.75) is 26.8 Å². The van der Waals surface area contributed by atoms with E-state index in [2.05, 4.69) is 18.8 Å². The average molecular weight is 267 g/mol. The Balaban J connectivity index is 2.55. The van der Waals surface area contributed by atoms with Crippen LogP contribution in [0.3, 0.4) is 0 Å². The first kappa shape index (κ1) is 12.9. The highest BCUT2D eigenvalue weighted by molar-refractivity contribution is 6.38. The van der Waals surface area contributed by atoms with Crippen LogP contribution in [0.2, 0.25) is 5.02 Å². The van der Waals surface area contributed by atoms with Crippen LogP contribution in [0.5, 0.6) is 0 Å². The molecule has 0 N–H and O–H groups in total. The fraction of sp³-hybridized carbons (Fsp3) is 0.385. The summed E-state index contributed by atoms with van der Waals surface area (Å²) >= 11 is 6.24. The van der Waals surface area contributed by atoms with E-state index in [1.165, 1.54) is 6.20 Å². The van der Waals surface area contributed by atoms with Gasteiger partial charge in [-0.05, 0) is 26.8 Å². The standard InChI is InChI=1S/C13H15ClN2O2/c1-4-18-13(17)10-7-15-12-9(11(10)14)5-6-16(12)8(2)3/h5-8H,4H2,1-3H3. The molecule has 18 heavy (non-hydrogen) atoms. The second-order valence-electron chi connectivity index (χ2n) is 4.26. The molecule has 0 atom stereocenters. The molecule has 2 rings (SSSR count). The first-order valence-electron chi connectivity index (χ1n) is 5.88. The lowest BCUT2D eigenvalue weighted by molar-refractivity contribution is 0.0526. The van der Waals surface area contributed by atoms with E-state index in [1.807, 2.05) is 16.8 Å². The van der Waals surface area contributed by atoms with Gasteiger partial charge < -0.3 is 9.30 Å². The number of carbonyl (C=O) groups excluding carboxylic acids is 1. The predicted octanol–water partition coefficient (Wildman–Crippen LogP) is 3.45. The van der Waals surface area contributed by atoms with Gasteiger partial charge in [0.05, 0.1) is 17.2 Å². The zero-order valence-corrected chi connectivity index (χ0v) is 11.4. The molecule has 2 aromatic heterocycles. The average Bonchev–Trinajstić information content (AvgIpc) is 2.74. The van der Waals surface area contributed by atoms with Crippen LogP contribution < -0.4 is 0 Å².